The molecule has 33 heteroatoms. The number of hydrogen-bond acceptors (Lipinski definition) is 29. The van der Waals surface area contributed by atoms with Crippen molar-refractivity contribution in [3.63, 3.8) is 0 Å². The van der Waals surface area contributed by atoms with Crippen LogP contribution < -0.4 is 0 Å². The Morgan fingerprint density at radius 3 is 1.05 bits per heavy atom. The Kier molecular flexibility index (Phi) is 23.0. The Morgan fingerprint density at radius 2 is 0.730 bits per heavy atom. The van der Waals surface area contributed by atoms with E-state index in [1.807, 2.05) is 0 Å². The fourth-order valence-corrected chi connectivity index (χ4v) is 7.84. The van der Waals surface area contributed by atoms with E-state index in [0.29, 0.717) is 0 Å². The molecule has 3 fully saturated rings. The summed E-state index contributed by atoms with van der Waals surface area (Å²) in [6, 6.07) is 0. The standard InChI is InChI=1S/C30H58O31P2/c31-1-10(35)19(41)11(36)5-53-29-24(46)26(17(3-33)58-29)60-63(50,51)56-9-15(40)21(43)13(38)7-54-30-25(47)27(18(4-34)59-30)61-62(48,49)55-8-14(39)20(42)12(37)6-52-28-23(45)22(44)16(2-32)57-28/h10-47H,1-9H2,(H,48,49)(H,50,51)/t10-,11+,12+,13+,14-,15-,16-,17-,18-,19-,20+,21+,22-,23-,24-,25-,26-,27-,28?,29?,30?/m1/s1. The Balaban J connectivity index is 1.44. The van der Waals surface area contributed by atoms with E-state index in [-0.39, 0.29) is 0 Å². The second kappa shape index (κ2) is 25.6. The summed E-state index contributed by atoms with van der Waals surface area (Å²) in [5.74, 6) is 0. The van der Waals surface area contributed by atoms with Crippen molar-refractivity contribution in [2.45, 2.75) is 129 Å². The number of aliphatic hydroxyl groups excluding tert-OH is 17. The molecule has 23 atom stereocenters. The molecule has 31 nitrogen and oxygen atoms in total. The Bertz CT molecular complexity index is 1420. The molecular weight excluding hydrogens is 918 g/mol. The van der Waals surface area contributed by atoms with Gasteiger partial charge in [0.15, 0.2) is 18.9 Å². The molecule has 0 bridgehead atoms. The highest BCUT2D eigenvalue weighted by Gasteiger charge is 2.51. The first-order chi connectivity index (χ1) is 29.4. The van der Waals surface area contributed by atoms with E-state index in [1.165, 1.54) is 0 Å². The zero-order valence-electron chi connectivity index (χ0n) is 32.8. The van der Waals surface area contributed by atoms with Crippen LogP contribution >= 0.6 is 15.6 Å². The molecule has 0 amide bonds. The lowest BCUT2D eigenvalue weighted by Gasteiger charge is -2.27. The van der Waals surface area contributed by atoms with E-state index in [4.69, 9.17) is 47.7 Å². The first-order valence-electron chi connectivity index (χ1n) is 18.8. The van der Waals surface area contributed by atoms with Gasteiger partial charge in [-0.1, -0.05) is 0 Å². The molecule has 0 aromatic heterocycles. The molecule has 3 aliphatic heterocycles. The minimum atomic E-state index is -5.32. The third-order valence-corrected chi connectivity index (χ3v) is 11.6. The van der Waals surface area contributed by atoms with Gasteiger partial charge in [0.25, 0.3) is 0 Å². The van der Waals surface area contributed by atoms with Gasteiger partial charge in [-0.25, -0.2) is 9.13 Å². The number of ether oxygens (including phenoxy) is 6. The van der Waals surface area contributed by atoms with Crippen molar-refractivity contribution in [2.24, 2.45) is 0 Å². The topological polar surface area (TPSA) is 511 Å². The largest absolute Gasteiger partial charge is 0.472 e. The lowest BCUT2D eigenvalue weighted by Crippen LogP contribution is -2.44. The quantitative estimate of drug-likeness (QED) is 0.0309. The summed E-state index contributed by atoms with van der Waals surface area (Å²) in [6.45, 7) is -8.61. The number of phosphoric ester groups is 2. The highest BCUT2D eigenvalue weighted by atomic mass is 31.2. The van der Waals surface area contributed by atoms with Crippen molar-refractivity contribution in [3.8, 4) is 0 Å². The van der Waals surface area contributed by atoms with Crippen molar-refractivity contribution < 1.29 is 152 Å². The summed E-state index contributed by atoms with van der Waals surface area (Å²) in [6.07, 6.45) is -38.7. The van der Waals surface area contributed by atoms with E-state index in [1.54, 1.807) is 0 Å². The Morgan fingerprint density at radius 1 is 0.429 bits per heavy atom. The van der Waals surface area contributed by atoms with Gasteiger partial charge in [-0.05, 0) is 0 Å². The summed E-state index contributed by atoms with van der Waals surface area (Å²) >= 11 is 0. The van der Waals surface area contributed by atoms with Crippen molar-refractivity contribution >= 4 is 15.6 Å². The number of hydrogen-bond donors (Lipinski definition) is 19. The summed E-state index contributed by atoms with van der Waals surface area (Å²) in [4.78, 5) is 20.4. The maximum absolute atomic E-state index is 12.7. The fourth-order valence-electron chi connectivity index (χ4n) is 5.90. The van der Waals surface area contributed by atoms with Gasteiger partial charge in [0, 0.05) is 0 Å². The molecule has 374 valence electrons. The van der Waals surface area contributed by atoms with Crippen LogP contribution in [0.15, 0.2) is 0 Å². The van der Waals surface area contributed by atoms with Gasteiger partial charge in [0.05, 0.1) is 59.5 Å². The normalized spacial score (nSPS) is 36.5. The molecule has 0 spiro atoms. The van der Waals surface area contributed by atoms with Gasteiger partial charge in [0.2, 0.25) is 0 Å². The molecule has 0 aromatic rings. The van der Waals surface area contributed by atoms with Gasteiger partial charge in [-0.3, -0.25) is 18.1 Å². The highest BCUT2D eigenvalue weighted by molar-refractivity contribution is 7.47. The molecule has 0 radical (unpaired) electrons. The zero-order chi connectivity index (χ0) is 47.6. The van der Waals surface area contributed by atoms with Gasteiger partial charge in [-0.15, -0.1) is 0 Å². The van der Waals surface area contributed by atoms with Crippen LogP contribution in [-0.2, 0) is 55.6 Å². The molecule has 0 aromatic carbocycles. The first kappa shape index (κ1) is 56.6. The lowest BCUT2D eigenvalue weighted by molar-refractivity contribution is -0.194. The zero-order valence-corrected chi connectivity index (χ0v) is 34.6. The molecule has 19 N–H and O–H groups in total. The third kappa shape index (κ3) is 15.9. The van der Waals surface area contributed by atoms with Crippen molar-refractivity contribution in [2.75, 3.05) is 59.5 Å². The van der Waals surface area contributed by atoms with E-state index in [9.17, 15) is 95.5 Å². The van der Waals surface area contributed by atoms with E-state index in [0.717, 1.165) is 0 Å². The minimum Gasteiger partial charge on any atom is -0.394 e. The molecule has 5 unspecified atom stereocenters. The van der Waals surface area contributed by atoms with Crippen molar-refractivity contribution in [1.82, 2.24) is 0 Å². The van der Waals surface area contributed by atoms with Crippen LogP contribution in [-0.4, -0.2) is 285 Å². The number of phosphoric acid groups is 2. The van der Waals surface area contributed by atoms with Crippen LogP contribution in [0.3, 0.4) is 0 Å². The van der Waals surface area contributed by atoms with Crippen LogP contribution in [0.4, 0.5) is 0 Å². The second-order valence-electron chi connectivity index (χ2n) is 14.4. The van der Waals surface area contributed by atoms with E-state index in [2.05, 4.69) is 9.05 Å². The lowest BCUT2D eigenvalue weighted by atomic mass is 10.1. The maximum atomic E-state index is 12.7. The molecule has 3 rings (SSSR count). The number of aliphatic hydroxyl groups is 17. The third-order valence-electron chi connectivity index (χ3n) is 9.61. The van der Waals surface area contributed by atoms with Gasteiger partial charge in [-0.2, -0.15) is 0 Å². The molecule has 3 aliphatic rings. The Labute approximate surface area is 356 Å². The first-order valence-corrected chi connectivity index (χ1v) is 21.8. The van der Waals surface area contributed by atoms with Gasteiger partial charge < -0.3 is 125 Å². The van der Waals surface area contributed by atoms with Crippen LogP contribution in [0.2, 0.25) is 0 Å². The molecule has 3 saturated heterocycles. The smallest absolute Gasteiger partial charge is 0.394 e. The SMILES string of the molecule is O=P(O)(OC[C@@H](O)[C@@H](O)[C@@H](O)COC1O[C@H](CO)[C@@H](O)[C@H]1O)O[C@@H]1[C@@H](CO)OC(OC[C@H](O)[C@H](O)[C@H](O)COP(=O)(O)O[C@@H]2[C@@H](CO)OC(OC[C@H](O)[C@H](O)[C@H](O)CO)[C@@H]2O)[C@@H]1O. The van der Waals surface area contributed by atoms with Crippen LogP contribution in [0.25, 0.3) is 0 Å². The number of rotatable bonds is 29. The molecule has 0 saturated carbocycles. The summed E-state index contributed by atoms with van der Waals surface area (Å²) < 4.78 is 74.9. The van der Waals surface area contributed by atoms with E-state index >= 15 is 0 Å². The summed E-state index contributed by atoms with van der Waals surface area (Å²) in [5.41, 5.74) is 0. The minimum absolute atomic E-state index is 0.680. The monoisotopic (exact) mass is 976 g/mol. The molecular formula is C30H58O31P2. The molecule has 0 aliphatic carbocycles. The average Bonchev–Trinajstić information content (AvgIpc) is 3.83. The van der Waals surface area contributed by atoms with Crippen molar-refractivity contribution in [3.05, 3.63) is 0 Å². The van der Waals surface area contributed by atoms with Crippen LogP contribution in [0.1, 0.15) is 0 Å². The predicted octanol–water partition coefficient (Wildman–Crippen LogP) is -11.1. The van der Waals surface area contributed by atoms with Gasteiger partial charge >= 0.3 is 15.6 Å². The maximum Gasteiger partial charge on any atom is 0.472 e. The summed E-state index contributed by atoms with van der Waals surface area (Å²) in [7, 11) is -10.6. The van der Waals surface area contributed by atoms with Crippen molar-refractivity contribution in [1.29, 1.82) is 0 Å². The summed E-state index contributed by atoms with van der Waals surface area (Å²) in [5, 5.41) is 169. The average molecular weight is 977 g/mol. The Hall–Kier alpha value is -0.700. The molecule has 63 heavy (non-hydrogen) atoms. The van der Waals surface area contributed by atoms with Gasteiger partial charge in [0.1, 0.15) is 110 Å². The van der Waals surface area contributed by atoms with Crippen LogP contribution in [0.5, 0.6) is 0 Å². The van der Waals surface area contributed by atoms with E-state index < -0.39 is 204 Å². The molecule has 3 heterocycles. The second-order valence-corrected chi connectivity index (χ2v) is 17.2. The highest BCUT2D eigenvalue weighted by Crippen LogP contribution is 2.49. The fraction of sp³-hybridized carbons (Fsp3) is 1.00. The van der Waals surface area contributed by atoms with Crippen LogP contribution in [0, 0.1) is 0 Å². The predicted molar refractivity (Wildman–Crippen MR) is 192 cm³/mol.